The normalized spacial score (nSPS) is 23.1. The summed E-state index contributed by atoms with van der Waals surface area (Å²) in [5.74, 6) is -0.361. The number of aryl methyl sites for hydroxylation is 1. The predicted octanol–water partition coefficient (Wildman–Crippen LogP) is 1.93. The number of carbonyl (C=O) groups excluding carboxylic acids is 2. The van der Waals surface area contributed by atoms with Crippen molar-refractivity contribution in [2.45, 2.75) is 38.9 Å². The maximum absolute atomic E-state index is 13.0. The molecule has 3 N–H and O–H groups in total. The average Bonchev–Trinajstić information content (AvgIpc) is 2.92. The summed E-state index contributed by atoms with van der Waals surface area (Å²) in [5, 5.41) is 21.5. The third-order valence-electron chi connectivity index (χ3n) is 5.27. The van der Waals surface area contributed by atoms with Gasteiger partial charge in [0.1, 0.15) is 11.7 Å². The molecule has 0 radical (unpaired) electrons. The molecule has 1 aromatic carbocycles. The zero-order valence-electron chi connectivity index (χ0n) is 15.2. The van der Waals surface area contributed by atoms with E-state index in [1.165, 1.54) is 11.8 Å². The highest BCUT2D eigenvalue weighted by atomic mass is 16.3. The van der Waals surface area contributed by atoms with Crippen molar-refractivity contribution in [3.05, 3.63) is 58.4 Å². The Bertz CT molecular complexity index is 843. The molecule has 6 nitrogen and oxygen atoms in total. The number of aromatic nitrogens is 1. The van der Waals surface area contributed by atoms with Gasteiger partial charge < -0.3 is 20.1 Å². The van der Waals surface area contributed by atoms with Gasteiger partial charge in [-0.25, -0.2) is 0 Å². The first-order valence-corrected chi connectivity index (χ1v) is 8.71. The zero-order chi connectivity index (χ0) is 19.1. The second-order valence-electron chi connectivity index (χ2n) is 6.99. The number of carbonyl (C=O) groups is 2. The van der Waals surface area contributed by atoms with Gasteiger partial charge in [0.2, 0.25) is 0 Å². The van der Waals surface area contributed by atoms with Gasteiger partial charge in [0.05, 0.1) is 17.8 Å². The number of Topliss-reactive ketones (excluding diaryl/α,β-unsaturated/α-hetero) is 1. The summed E-state index contributed by atoms with van der Waals surface area (Å²) < 4.78 is 0. The number of H-pyrrole nitrogens is 1. The fourth-order valence-electron chi connectivity index (χ4n) is 3.75. The Morgan fingerprint density at radius 3 is 2.42 bits per heavy atom. The second kappa shape index (κ2) is 6.70. The molecule has 1 saturated heterocycles. The van der Waals surface area contributed by atoms with Crippen molar-refractivity contribution in [3.63, 3.8) is 0 Å². The summed E-state index contributed by atoms with van der Waals surface area (Å²) in [6.07, 6.45) is -0.846. The highest BCUT2D eigenvalue weighted by molar-refractivity contribution is 6.02. The van der Waals surface area contributed by atoms with E-state index in [1.54, 1.807) is 26.0 Å². The van der Waals surface area contributed by atoms with Gasteiger partial charge in [-0.2, -0.15) is 0 Å². The number of nitrogens with zero attached hydrogens (tertiary/aromatic N) is 1. The van der Waals surface area contributed by atoms with Crippen molar-refractivity contribution >= 4 is 11.7 Å². The van der Waals surface area contributed by atoms with Crippen LogP contribution < -0.4 is 0 Å². The van der Waals surface area contributed by atoms with Crippen molar-refractivity contribution < 1.29 is 19.8 Å². The fraction of sp³-hybridized carbons (Fsp3) is 0.400. The molecular formula is C20H24N2O4. The molecule has 2 aromatic rings. The van der Waals surface area contributed by atoms with Crippen LogP contribution in [-0.2, 0) is 5.60 Å². The summed E-state index contributed by atoms with van der Waals surface area (Å²) in [5.41, 5.74) is 1.43. The largest absolute Gasteiger partial charge is 0.388 e. The van der Waals surface area contributed by atoms with Crippen LogP contribution in [0.4, 0.5) is 0 Å². The molecular weight excluding hydrogens is 332 g/mol. The molecule has 1 aliphatic heterocycles. The van der Waals surface area contributed by atoms with Gasteiger partial charge in [-0.1, -0.05) is 30.3 Å². The number of hydrogen-bond acceptors (Lipinski definition) is 4. The van der Waals surface area contributed by atoms with E-state index in [9.17, 15) is 19.8 Å². The number of likely N-dealkylation sites (tertiary alicyclic amines) is 1. The van der Waals surface area contributed by atoms with E-state index < -0.39 is 11.7 Å². The summed E-state index contributed by atoms with van der Waals surface area (Å²) in [6.45, 7) is 5.31. The van der Waals surface area contributed by atoms with Crippen molar-refractivity contribution in [1.29, 1.82) is 0 Å². The van der Waals surface area contributed by atoms with Gasteiger partial charge in [-0.15, -0.1) is 0 Å². The van der Waals surface area contributed by atoms with Crippen LogP contribution in [0.5, 0.6) is 0 Å². The smallest absolute Gasteiger partial charge is 0.256 e. The van der Waals surface area contributed by atoms with Crippen LogP contribution in [0.3, 0.4) is 0 Å². The van der Waals surface area contributed by atoms with E-state index in [0.717, 1.165) is 0 Å². The molecule has 0 bridgehead atoms. The lowest BCUT2D eigenvalue weighted by molar-refractivity contribution is -0.118. The summed E-state index contributed by atoms with van der Waals surface area (Å²) >= 11 is 0. The Morgan fingerprint density at radius 2 is 1.88 bits per heavy atom. The molecule has 1 amide bonds. The zero-order valence-corrected chi connectivity index (χ0v) is 15.2. The van der Waals surface area contributed by atoms with Gasteiger partial charge in [-0.3, -0.25) is 9.59 Å². The molecule has 1 aromatic heterocycles. The lowest BCUT2D eigenvalue weighted by Crippen LogP contribution is -2.55. The van der Waals surface area contributed by atoms with Gasteiger partial charge >= 0.3 is 0 Å². The molecule has 3 rings (SSSR count). The van der Waals surface area contributed by atoms with Crippen LogP contribution in [0.2, 0.25) is 0 Å². The second-order valence-corrected chi connectivity index (χ2v) is 6.99. The minimum Gasteiger partial charge on any atom is -0.388 e. The van der Waals surface area contributed by atoms with Crippen LogP contribution in [0.25, 0.3) is 0 Å². The molecule has 0 unspecified atom stereocenters. The lowest BCUT2D eigenvalue weighted by atomic mass is 9.82. The molecule has 0 spiro atoms. The number of hydrogen-bond donors (Lipinski definition) is 3. The van der Waals surface area contributed by atoms with Crippen LogP contribution in [0.1, 0.15) is 51.0 Å². The molecule has 1 fully saturated rings. The Hall–Kier alpha value is -2.44. The standard InChI is InChI=1S/C20H24N2O4/c1-12-17(13(2)21-18(12)14(3)23)19(25)22-10-9-20(26,16(24)11-22)15-7-5-4-6-8-15/h4-8,16,21,24,26H,9-11H2,1-3H3/t16-,20-/m0/s1. The first-order valence-electron chi connectivity index (χ1n) is 8.71. The SMILES string of the molecule is CC(=O)c1[nH]c(C)c(C(=O)N2CC[C@](O)(c3ccccc3)[C@@H](O)C2)c1C. The average molecular weight is 356 g/mol. The number of nitrogens with one attached hydrogen (secondary N) is 1. The highest BCUT2D eigenvalue weighted by Gasteiger charge is 2.43. The monoisotopic (exact) mass is 356 g/mol. The quantitative estimate of drug-likeness (QED) is 0.733. The number of ketones is 1. The van der Waals surface area contributed by atoms with Crippen molar-refractivity contribution in [3.8, 4) is 0 Å². The lowest BCUT2D eigenvalue weighted by Gasteiger charge is -2.42. The molecule has 2 heterocycles. The van der Waals surface area contributed by atoms with E-state index in [0.29, 0.717) is 34.6 Å². The summed E-state index contributed by atoms with van der Waals surface area (Å²) in [4.78, 5) is 29.2. The van der Waals surface area contributed by atoms with E-state index in [-0.39, 0.29) is 24.7 Å². The molecule has 2 atom stereocenters. The van der Waals surface area contributed by atoms with E-state index in [1.807, 2.05) is 18.2 Å². The van der Waals surface area contributed by atoms with Gasteiger partial charge in [0, 0.05) is 25.6 Å². The number of piperidine rings is 1. The van der Waals surface area contributed by atoms with Crippen LogP contribution in [0.15, 0.2) is 30.3 Å². The molecule has 6 heteroatoms. The van der Waals surface area contributed by atoms with Crippen molar-refractivity contribution in [1.82, 2.24) is 9.88 Å². The minimum atomic E-state index is -1.37. The van der Waals surface area contributed by atoms with E-state index in [2.05, 4.69) is 4.98 Å². The predicted molar refractivity (Wildman–Crippen MR) is 97.1 cm³/mol. The molecule has 0 saturated carbocycles. The number of aliphatic hydroxyl groups is 2. The highest BCUT2D eigenvalue weighted by Crippen LogP contribution is 2.34. The number of amides is 1. The molecule has 26 heavy (non-hydrogen) atoms. The molecule has 0 aliphatic carbocycles. The van der Waals surface area contributed by atoms with Gasteiger partial charge in [0.25, 0.3) is 5.91 Å². The topological polar surface area (TPSA) is 93.6 Å². The molecule has 1 aliphatic rings. The van der Waals surface area contributed by atoms with Crippen LogP contribution >= 0.6 is 0 Å². The summed E-state index contributed by atoms with van der Waals surface area (Å²) in [6, 6.07) is 9.03. The van der Waals surface area contributed by atoms with E-state index in [4.69, 9.17) is 0 Å². The number of rotatable bonds is 3. The van der Waals surface area contributed by atoms with Crippen LogP contribution in [0, 0.1) is 13.8 Å². The van der Waals surface area contributed by atoms with Crippen molar-refractivity contribution in [2.75, 3.05) is 13.1 Å². The van der Waals surface area contributed by atoms with Crippen molar-refractivity contribution in [2.24, 2.45) is 0 Å². The van der Waals surface area contributed by atoms with E-state index >= 15 is 0 Å². The Labute approximate surface area is 152 Å². The summed E-state index contributed by atoms with van der Waals surface area (Å²) in [7, 11) is 0. The number of β-amino-alcohol motifs (C(OH)–C–C–N with tert-alkyl or cyclic N) is 1. The van der Waals surface area contributed by atoms with Gasteiger partial charge in [-0.05, 0) is 25.0 Å². The Kier molecular flexibility index (Phi) is 4.73. The maximum atomic E-state index is 13.0. The Balaban J connectivity index is 1.84. The first kappa shape index (κ1) is 18.4. The third kappa shape index (κ3) is 2.95. The number of aliphatic hydroxyl groups excluding tert-OH is 1. The molecule has 138 valence electrons. The van der Waals surface area contributed by atoms with Gasteiger partial charge in [0.15, 0.2) is 5.78 Å². The fourth-order valence-corrected chi connectivity index (χ4v) is 3.75. The van der Waals surface area contributed by atoms with Crippen LogP contribution in [-0.4, -0.2) is 51.0 Å². The Morgan fingerprint density at radius 1 is 1.23 bits per heavy atom. The third-order valence-corrected chi connectivity index (χ3v) is 5.27. The maximum Gasteiger partial charge on any atom is 0.256 e. The first-order chi connectivity index (χ1) is 12.3. The number of benzene rings is 1. The number of aromatic amines is 1. The minimum absolute atomic E-state index is 0.0314.